The summed E-state index contributed by atoms with van der Waals surface area (Å²) < 4.78 is 40.6. The van der Waals surface area contributed by atoms with Gasteiger partial charge in [-0.05, 0) is 41.0 Å². The summed E-state index contributed by atoms with van der Waals surface area (Å²) in [5.74, 6) is -1.44. The monoisotopic (exact) mass is 342 g/mol. The van der Waals surface area contributed by atoms with Gasteiger partial charge in [0.2, 0.25) is 0 Å². The van der Waals surface area contributed by atoms with Gasteiger partial charge < -0.3 is 9.84 Å². The highest BCUT2D eigenvalue weighted by Gasteiger charge is 2.31. The van der Waals surface area contributed by atoms with Crippen LogP contribution in [-0.2, 0) is 4.79 Å². The van der Waals surface area contributed by atoms with Gasteiger partial charge in [-0.15, -0.1) is 13.2 Å². The molecule has 0 fully saturated rings. The van der Waals surface area contributed by atoms with Crippen LogP contribution in [0.25, 0.3) is 17.2 Å². The van der Waals surface area contributed by atoms with Gasteiger partial charge in [-0.2, -0.15) is 0 Å². The van der Waals surface area contributed by atoms with Crippen molar-refractivity contribution in [3.8, 4) is 16.9 Å². The van der Waals surface area contributed by atoms with Crippen molar-refractivity contribution in [1.29, 1.82) is 0 Å². The zero-order valence-electron chi connectivity index (χ0n) is 11.5. The first-order valence-corrected chi connectivity index (χ1v) is 6.69. The number of alkyl halides is 3. The Hall–Kier alpha value is -2.47. The van der Waals surface area contributed by atoms with E-state index in [4.69, 9.17) is 16.7 Å². The first-order valence-electron chi connectivity index (χ1n) is 6.31. The van der Waals surface area contributed by atoms with Crippen molar-refractivity contribution in [2.45, 2.75) is 6.36 Å². The molecule has 0 atom stereocenters. The van der Waals surface area contributed by atoms with E-state index in [0.29, 0.717) is 16.7 Å². The van der Waals surface area contributed by atoms with E-state index in [2.05, 4.69) is 4.74 Å². The molecule has 2 aromatic rings. The molecule has 0 spiro atoms. The van der Waals surface area contributed by atoms with Gasteiger partial charge in [0, 0.05) is 11.1 Å². The van der Waals surface area contributed by atoms with Crippen molar-refractivity contribution >= 4 is 23.6 Å². The van der Waals surface area contributed by atoms with Gasteiger partial charge in [-0.3, -0.25) is 0 Å². The van der Waals surface area contributed by atoms with E-state index in [9.17, 15) is 18.0 Å². The van der Waals surface area contributed by atoms with Crippen LogP contribution in [0.5, 0.6) is 5.75 Å². The molecule has 3 nitrogen and oxygen atoms in total. The van der Waals surface area contributed by atoms with Crippen molar-refractivity contribution < 1.29 is 27.8 Å². The van der Waals surface area contributed by atoms with E-state index in [-0.39, 0.29) is 10.8 Å². The Labute approximate surface area is 134 Å². The first kappa shape index (κ1) is 16.9. The summed E-state index contributed by atoms with van der Waals surface area (Å²) in [7, 11) is 0. The maximum atomic E-state index is 12.2. The number of benzene rings is 2. The number of hydrogen-bond donors (Lipinski definition) is 1. The second kappa shape index (κ2) is 6.75. The van der Waals surface area contributed by atoms with Crippen molar-refractivity contribution in [3.63, 3.8) is 0 Å². The van der Waals surface area contributed by atoms with E-state index in [0.717, 1.165) is 6.08 Å². The summed E-state index contributed by atoms with van der Waals surface area (Å²) in [4.78, 5) is 10.5. The molecule has 0 aromatic heterocycles. The molecule has 0 aliphatic carbocycles. The summed E-state index contributed by atoms with van der Waals surface area (Å²) >= 11 is 6.05. The maximum absolute atomic E-state index is 12.2. The smallest absolute Gasteiger partial charge is 0.478 e. The number of hydrogen-bond acceptors (Lipinski definition) is 2. The van der Waals surface area contributed by atoms with Gasteiger partial charge >= 0.3 is 12.3 Å². The van der Waals surface area contributed by atoms with Gasteiger partial charge in [0.05, 0.1) is 0 Å². The van der Waals surface area contributed by atoms with E-state index >= 15 is 0 Å². The third kappa shape index (κ3) is 5.03. The normalized spacial score (nSPS) is 11.7. The number of ether oxygens (including phenoxy) is 1. The molecule has 0 aliphatic heterocycles. The molecule has 0 aliphatic rings. The largest absolute Gasteiger partial charge is 0.573 e. The molecule has 1 N–H and O–H groups in total. The molecule has 0 saturated carbocycles. The Morgan fingerprint density at radius 2 is 1.83 bits per heavy atom. The van der Waals surface area contributed by atoms with Crippen LogP contribution in [-0.4, -0.2) is 17.4 Å². The van der Waals surface area contributed by atoms with E-state index in [1.165, 1.54) is 30.3 Å². The lowest BCUT2D eigenvalue weighted by molar-refractivity contribution is -0.274. The van der Waals surface area contributed by atoms with Crippen molar-refractivity contribution in [3.05, 3.63) is 59.1 Å². The molecule has 0 radical (unpaired) electrons. The average molecular weight is 343 g/mol. The van der Waals surface area contributed by atoms with Crippen LogP contribution in [0.2, 0.25) is 5.02 Å². The first-order chi connectivity index (χ1) is 10.7. The second-order valence-electron chi connectivity index (χ2n) is 4.48. The topological polar surface area (TPSA) is 46.5 Å². The quantitative estimate of drug-likeness (QED) is 0.795. The lowest BCUT2D eigenvalue weighted by Gasteiger charge is -2.10. The molecule has 2 rings (SSSR count). The molecule has 7 heteroatoms. The summed E-state index contributed by atoms with van der Waals surface area (Å²) in [5.41, 5.74) is 1.55. The van der Waals surface area contributed by atoms with Gasteiger partial charge in [0.1, 0.15) is 5.75 Å². The number of carboxylic acids is 1. The van der Waals surface area contributed by atoms with E-state index in [1.807, 2.05) is 0 Å². The summed E-state index contributed by atoms with van der Waals surface area (Å²) in [6, 6.07) is 10.2. The molecular weight excluding hydrogens is 333 g/mol. The Kier molecular flexibility index (Phi) is 4.95. The minimum absolute atomic E-state index is 0.280. The average Bonchev–Trinajstić information content (AvgIpc) is 2.44. The fourth-order valence-electron chi connectivity index (χ4n) is 1.88. The van der Waals surface area contributed by atoms with Crippen LogP contribution in [0.1, 0.15) is 5.56 Å². The van der Waals surface area contributed by atoms with E-state index in [1.54, 1.807) is 18.2 Å². The van der Waals surface area contributed by atoms with Crippen molar-refractivity contribution in [2.24, 2.45) is 0 Å². The Bertz CT molecular complexity index is 754. The summed E-state index contributed by atoms with van der Waals surface area (Å²) in [6.45, 7) is 0. The third-order valence-electron chi connectivity index (χ3n) is 2.81. The summed E-state index contributed by atoms with van der Waals surface area (Å²) in [5, 5.41) is 8.87. The summed E-state index contributed by atoms with van der Waals surface area (Å²) in [6.07, 6.45) is -2.49. The third-order valence-corrected chi connectivity index (χ3v) is 3.13. The molecule has 2 aromatic carbocycles. The van der Waals surface area contributed by atoms with Crippen LogP contribution in [0.4, 0.5) is 13.2 Å². The van der Waals surface area contributed by atoms with Gasteiger partial charge in [-0.1, -0.05) is 35.9 Å². The number of halogens is 4. The van der Waals surface area contributed by atoms with Gasteiger partial charge in [0.15, 0.2) is 0 Å². The van der Waals surface area contributed by atoms with Crippen molar-refractivity contribution in [2.75, 3.05) is 0 Å². The number of carboxylic acid groups (broad SMARTS) is 1. The molecule has 0 amide bonds. The van der Waals surface area contributed by atoms with Crippen LogP contribution >= 0.6 is 11.6 Å². The van der Waals surface area contributed by atoms with Crippen LogP contribution in [0, 0.1) is 0 Å². The minimum Gasteiger partial charge on any atom is -0.478 e. The van der Waals surface area contributed by atoms with Gasteiger partial charge in [0.25, 0.3) is 0 Å². The predicted molar refractivity (Wildman–Crippen MR) is 80.2 cm³/mol. The SMILES string of the molecule is O=C(O)/C=C/c1ccc(-c2cccc(OC(F)(F)F)c2)cc1Cl. The number of rotatable bonds is 4. The van der Waals surface area contributed by atoms with Crippen LogP contribution in [0.15, 0.2) is 48.5 Å². The highest BCUT2D eigenvalue weighted by Crippen LogP contribution is 2.30. The molecule has 0 saturated heterocycles. The zero-order valence-corrected chi connectivity index (χ0v) is 12.2. The maximum Gasteiger partial charge on any atom is 0.573 e. The lowest BCUT2D eigenvalue weighted by Crippen LogP contribution is -2.17. The molecule has 0 unspecified atom stereocenters. The fourth-order valence-corrected chi connectivity index (χ4v) is 2.12. The highest BCUT2D eigenvalue weighted by atomic mass is 35.5. The molecular formula is C16H10ClF3O3. The van der Waals surface area contributed by atoms with Crippen molar-refractivity contribution in [1.82, 2.24) is 0 Å². The molecule has 23 heavy (non-hydrogen) atoms. The van der Waals surface area contributed by atoms with Gasteiger partial charge in [-0.25, -0.2) is 4.79 Å². The molecule has 0 bridgehead atoms. The number of aliphatic carboxylic acids is 1. The predicted octanol–water partition coefficient (Wildman–Crippen LogP) is 5.00. The molecule has 120 valence electrons. The lowest BCUT2D eigenvalue weighted by atomic mass is 10.0. The highest BCUT2D eigenvalue weighted by molar-refractivity contribution is 6.32. The Morgan fingerprint density at radius 1 is 1.13 bits per heavy atom. The van der Waals surface area contributed by atoms with Crippen LogP contribution in [0.3, 0.4) is 0 Å². The van der Waals surface area contributed by atoms with Crippen LogP contribution < -0.4 is 4.74 Å². The Morgan fingerprint density at radius 3 is 2.43 bits per heavy atom. The zero-order chi connectivity index (χ0) is 17.0. The number of carbonyl (C=O) groups is 1. The standard InChI is InChI=1S/C16H10ClF3O3/c17-14-9-12(5-4-10(14)6-7-15(21)22)11-2-1-3-13(8-11)23-16(18,19)20/h1-9H,(H,21,22)/b7-6+. The second-order valence-corrected chi connectivity index (χ2v) is 4.89. The fraction of sp³-hybridized carbons (Fsp3) is 0.0625. The minimum atomic E-state index is -4.76. The molecule has 0 heterocycles. The Balaban J connectivity index is 2.30. The van der Waals surface area contributed by atoms with E-state index < -0.39 is 12.3 Å².